The molecule has 1 saturated heterocycles. The van der Waals surface area contributed by atoms with Crippen LogP contribution in [0.2, 0.25) is 0 Å². The predicted octanol–water partition coefficient (Wildman–Crippen LogP) is 5.02. The molecule has 156 valence electrons. The first-order chi connectivity index (χ1) is 14.6. The highest BCUT2D eigenvalue weighted by atomic mass is 16.5. The SMILES string of the molecule is Cc1noc(C)c1COc1ccc(C(=O)N2CCCCCC2c2ccncc2)cc1. The maximum Gasteiger partial charge on any atom is 0.254 e. The second kappa shape index (κ2) is 9.11. The number of benzene rings is 1. The van der Waals surface area contributed by atoms with Gasteiger partial charge < -0.3 is 14.2 Å². The number of rotatable bonds is 5. The summed E-state index contributed by atoms with van der Waals surface area (Å²) in [4.78, 5) is 19.5. The first-order valence-corrected chi connectivity index (χ1v) is 10.5. The molecule has 0 bridgehead atoms. The van der Waals surface area contributed by atoms with E-state index < -0.39 is 0 Å². The number of hydrogen-bond acceptors (Lipinski definition) is 5. The topological polar surface area (TPSA) is 68.5 Å². The molecule has 0 N–H and O–H groups in total. The smallest absolute Gasteiger partial charge is 0.254 e. The second-order valence-electron chi connectivity index (χ2n) is 7.76. The van der Waals surface area contributed by atoms with Gasteiger partial charge in [-0.05, 0) is 68.7 Å². The highest BCUT2D eigenvalue weighted by Gasteiger charge is 2.27. The number of hydrogen-bond donors (Lipinski definition) is 0. The summed E-state index contributed by atoms with van der Waals surface area (Å²) in [6, 6.07) is 11.5. The van der Waals surface area contributed by atoms with Gasteiger partial charge in [0.25, 0.3) is 5.91 Å². The van der Waals surface area contributed by atoms with Crippen LogP contribution < -0.4 is 4.74 Å². The zero-order valence-electron chi connectivity index (χ0n) is 17.5. The highest BCUT2D eigenvalue weighted by molar-refractivity contribution is 5.94. The first kappa shape index (κ1) is 20.1. The molecular weight excluding hydrogens is 378 g/mol. The first-order valence-electron chi connectivity index (χ1n) is 10.5. The fraction of sp³-hybridized carbons (Fsp3) is 0.375. The Kier molecular flexibility index (Phi) is 6.12. The van der Waals surface area contributed by atoms with Crippen LogP contribution in [-0.2, 0) is 6.61 Å². The van der Waals surface area contributed by atoms with Gasteiger partial charge in [0.05, 0.1) is 17.3 Å². The number of amides is 1. The summed E-state index contributed by atoms with van der Waals surface area (Å²) in [7, 11) is 0. The lowest BCUT2D eigenvalue weighted by Crippen LogP contribution is -2.34. The Balaban J connectivity index is 1.47. The standard InChI is InChI=1S/C24H27N3O3/c1-17-22(18(2)30-26-17)16-29-21-9-7-20(8-10-21)24(28)27-15-5-3-4-6-23(27)19-11-13-25-14-12-19/h7-14,23H,3-6,15-16H2,1-2H3. The molecule has 1 atom stereocenters. The number of likely N-dealkylation sites (tertiary alicyclic amines) is 1. The summed E-state index contributed by atoms with van der Waals surface area (Å²) in [5.41, 5.74) is 3.63. The van der Waals surface area contributed by atoms with E-state index in [9.17, 15) is 4.79 Å². The Morgan fingerprint density at radius 3 is 2.57 bits per heavy atom. The Morgan fingerprint density at radius 1 is 1.10 bits per heavy atom. The van der Waals surface area contributed by atoms with Gasteiger partial charge in [-0.15, -0.1) is 0 Å². The molecule has 30 heavy (non-hydrogen) atoms. The van der Waals surface area contributed by atoms with Crippen molar-refractivity contribution < 1.29 is 14.1 Å². The molecule has 1 aliphatic heterocycles. The molecule has 0 saturated carbocycles. The fourth-order valence-corrected chi connectivity index (χ4v) is 4.01. The molecule has 6 nitrogen and oxygen atoms in total. The van der Waals surface area contributed by atoms with E-state index in [0.29, 0.717) is 17.9 Å². The van der Waals surface area contributed by atoms with E-state index in [4.69, 9.17) is 9.26 Å². The van der Waals surface area contributed by atoms with Crippen molar-refractivity contribution in [3.05, 3.63) is 76.9 Å². The van der Waals surface area contributed by atoms with Crippen molar-refractivity contribution in [2.45, 2.75) is 52.2 Å². The van der Waals surface area contributed by atoms with Gasteiger partial charge in [0.15, 0.2) is 0 Å². The van der Waals surface area contributed by atoms with Gasteiger partial charge in [0.2, 0.25) is 0 Å². The van der Waals surface area contributed by atoms with Crippen molar-refractivity contribution in [3.8, 4) is 5.75 Å². The Bertz CT molecular complexity index is 963. The summed E-state index contributed by atoms with van der Waals surface area (Å²) in [5.74, 6) is 1.55. The van der Waals surface area contributed by atoms with Crippen LogP contribution in [0.25, 0.3) is 0 Å². The minimum Gasteiger partial charge on any atom is -0.489 e. The number of nitrogens with zero attached hydrogens (tertiary/aromatic N) is 3. The van der Waals surface area contributed by atoms with Crippen LogP contribution in [-0.4, -0.2) is 27.5 Å². The average Bonchev–Trinajstić information content (AvgIpc) is 2.97. The van der Waals surface area contributed by atoms with Crippen molar-refractivity contribution in [1.29, 1.82) is 0 Å². The quantitative estimate of drug-likeness (QED) is 0.596. The fourth-order valence-electron chi connectivity index (χ4n) is 4.01. The van der Waals surface area contributed by atoms with Gasteiger partial charge in [-0.25, -0.2) is 0 Å². The molecule has 0 aliphatic carbocycles. The van der Waals surface area contributed by atoms with Crippen molar-refractivity contribution in [3.63, 3.8) is 0 Å². The van der Waals surface area contributed by atoms with Gasteiger partial charge in [0, 0.05) is 24.5 Å². The Labute approximate surface area is 176 Å². The van der Waals surface area contributed by atoms with E-state index in [1.807, 2.05) is 55.1 Å². The number of carbonyl (C=O) groups excluding carboxylic acids is 1. The highest BCUT2D eigenvalue weighted by Crippen LogP contribution is 2.31. The molecule has 1 aliphatic rings. The van der Waals surface area contributed by atoms with Crippen molar-refractivity contribution in [1.82, 2.24) is 15.0 Å². The summed E-state index contributed by atoms with van der Waals surface area (Å²) in [6.07, 6.45) is 7.90. The van der Waals surface area contributed by atoms with E-state index in [1.54, 1.807) is 12.4 Å². The number of aromatic nitrogens is 2. The molecule has 2 aromatic heterocycles. The molecule has 1 unspecified atom stereocenters. The Hall–Kier alpha value is -3.15. The van der Waals surface area contributed by atoms with Crippen molar-refractivity contribution in [2.24, 2.45) is 0 Å². The van der Waals surface area contributed by atoms with E-state index in [1.165, 1.54) is 0 Å². The van der Waals surface area contributed by atoms with Crippen molar-refractivity contribution >= 4 is 5.91 Å². The molecule has 4 rings (SSSR count). The molecule has 0 radical (unpaired) electrons. The lowest BCUT2D eigenvalue weighted by atomic mass is 10.0. The lowest BCUT2D eigenvalue weighted by Gasteiger charge is -2.30. The Morgan fingerprint density at radius 2 is 1.87 bits per heavy atom. The van der Waals surface area contributed by atoms with E-state index in [0.717, 1.165) is 54.8 Å². The van der Waals surface area contributed by atoms with Crippen LogP contribution in [0.15, 0.2) is 53.3 Å². The zero-order chi connectivity index (χ0) is 20.9. The van der Waals surface area contributed by atoms with Crippen LogP contribution in [0.3, 0.4) is 0 Å². The molecule has 3 aromatic rings. The van der Waals surface area contributed by atoms with Crippen LogP contribution in [0.4, 0.5) is 0 Å². The van der Waals surface area contributed by atoms with Gasteiger partial charge in [-0.2, -0.15) is 0 Å². The minimum atomic E-state index is 0.0657. The lowest BCUT2D eigenvalue weighted by molar-refractivity contribution is 0.0681. The van der Waals surface area contributed by atoms with Gasteiger partial charge in [-0.3, -0.25) is 9.78 Å². The molecule has 0 spiro atoms. The van der Waals surface area contributed by atoms with Crippen molar-refractivity contribution in [2.75, 3.05) is 6.54 Å². The summed E-state index contributed by atoms with van der Waals surface area (Å²) in [6.45, 7) is 4.94. The molecule has 1 amide bonds. The number of carbonyl (C=O) groups is 1. The second-order valence-corrected chi connectivity index (χ2v) is 7.76. The third kappa shape index (κ3) is 4.37. The van der Waals surface area contributed by atoms with Crippen LogP contribution in [0, 0.1) is 13.8 Å². The predicted molar refractivity (Wildman–Crippen MR) is 113 cm³/mol. The molecule has 3 heterocycles. The average molecular weight is 405 g/mol. The van der Waals surface area contributed by atoms with E-state index in [2.05, 4.69) is 10.1 Å². The van der Waals surface area contributed by atoms with Crippen LogP contribution >= 0.6 is 0 Å². The summed E-state index contributed by atoms with van der Waals surface area (Å²) >= 11 is 0. The maximum atomic E-state index is 13.3. The van der Waals surface area contributed by atoms with Crippen LogP contribution in [0.5, 0.6) is 5.75 Å². The monoisotopic (exact) mass is 405 g/mol. The number of ether oxygens (including phenoxy) is 1. The summed E-state index contributed by atoms with van der Waals surface area (Å²) in [5, 5.41) is 3.95. The molecule has 1 aromatic carbocycles. The molecule has 1 fully saturated rings. The van der Waals surface area contributed by atoms with Gasteiger partial charge in [-0.1, -0.05) is 18.0 Å². The van der Waals surface area contributed by atoms with Gasteiger partial charge in [0.1, 0.15) is 18.1 Å². The molecule has 6 heteroatoms. The third-order valence-corrected chi connectivity index (χ3v) is 5.77. The maximum absolute atomic E-state index is 13.3. The largest absolute Gasteiger partial charge is 0.489 e. The van der Waals surface area contributed by atoms with E-state index in [-0.39, 0.29) is 11.9 Å². The third-order valence-electron chi connectivity index (χ3n) is 5.77. The number of pyridine rings is 1. The normalized spacial score (nSPS) is 16.9. The van der Waals surface area contributed by atoms with E-state index >= 15 is 0 Å². The van der Waals surface area contributed by atoms with Gasteiger partial charge >= 0.3 is 0 Å². The molecular formula is C24H27N3O3. The minimum absolute atomic E-state index is 0.0657. The van der Waals surface area contributed by atoms with Crippen LogP contribution in [0.1, 0.15) is 64.7 Å². The number of aryl methyl sites for hydroxylation is 2. The summed E-state index contributed by atoms with van der Waals surface area (Å²) < 4.78 is 11.0. The zero-order valence-corrected chi connectivity index (χ0v) is 17.5.